The number of aliphatic hydroxyl groups excluding tert-OH is 1. The van der Waals surface area contributed by atoms with Crippen molar-refractivity contribution in [2.24, 2.45) is 5.92 Å². The van der Waals surface area contributed by atoms with Crippen molar-refractivity contribution in [2.45, 2.75) is 43.2 Å². The van der Waals surface area contributed by atoms with E-state index >= 15 is 0 Å². The molecule has 2 heterocycles. The molecule has 4 rings (SSSR count). The van der Waals surface area contributed by atoms with E-state index in [0.717, 1.165) is 14.6 Å². The Morgan fingerprint density at radius 3 is 2.56 bits per heavy atom. The molecule has 9 nitrogen and oxygen atoms in total. The number of carbonyl (C=O) groups is 2. The maximum Gasteiger partial charge on any atom is 0.355 e. The Bertz CT molecular complexity index is 1300. The molecule has 1 aliphatic rings. The minimum Gasteiger partial charge on any atom is -0.456 e. The Balaban J connectivity index is 1.49. The average Bonchev–Trinajstić information content (AvgIpc) is 3.25. The number of amides is 1. The summed E-state index contributed by atoms with van der Waals surface area (Å²) in [5, 5.41) is 20.6. The van der Waals surface area contributed by atoms with Gasteiger partial charge in [0.2, 0.25) is 5.91 Å². The molecule has 2 aromatic carbocycles. The van der Waals surface area contributed by atoms with Gasteiger partial charge in [0.15, 0.2) is 4.34 Å². The summed E-state index contributed by atoms with van der Waals surface area (Å²) in [7, 11) is 2.77. The topological polar surface area (TPSA) is 123 Å². The van der Waals surface area contributed by atoms with Crippen LogP contribution in [0.25, 0.3) is 10.2 Å². The van der Waals surface area contributed by atoms with Crippen molar-refractivity contribution in [1.82, 2.24) is 9.88 Å². The van der Waals surface area contributed by atoms with Gasteiger partial charge in [-0.3, -0.25) is 19.8 Å². The second kappa shape index (κ2) is 11.0. The van der Waals surface area contributed by atoms with Gasteiger partial charge in [-0.1, -0.05) is 22.9 Å². The second-order valence-corrected chi connectivity index (χ2v) is 11.9. The number of benzene rings is 2. The van der Waals surface area contributed by atoms with Crippen molar-refractivity contribution in [1.29, 1.82) is 0 Å². The Kier molecular flexibility index (Phi) is 7.98. The number of allylic oxidation sites excluding steroid dienone is 1. The standard InChI is InChI=1S/C24H23N3O6S3/c1-13(2)20(23(30)33-12-15-8-10-16(11-9-15)27(31)32)26-21(29)19(14(3)28)22(26)35-36-24-25-17-6-4-5-7-18(17)34-24/h4-11,14,19,22,28H,12H2,1-3H3/t14-,19?,22?/m0/s1. The molecule has 0 radical (unpaired) electrons. The average molecular weight is 546 g/mol. The van der Waals surface area contributed by atoms with Gasteiger partial charge in [-0.2, -0.15) is 0 Å². The lowest BCUT2D eigenvalue weighted by Gasteiger charge is -2.47. The quantitative estimate of drug-likeness (QED) is 0.0971. The number of β-lactam (4-membered cyclic amide) rings is 1. The number of ether oxygens (including phenoxy) is 1. The predicted molar refractivity (Wildman–Crippen MR) is 140 cm³/mol. The van der Waals surface area contributed by atoms with Crippen LogP contribution in [-0.4, -0.2) is 43.3 Å². The number of non-ortho nitro benzene ring substituents is 1. The number of nitro benzene ring substituents is 1. The highest BCUT2D eigenvalue weighted by Crippen LogP contribution is 2.49. The molecule has 1 amide bonds. The van der Waals surface area contributed by atoms with E-state index in [1.807, 2.05) is 24.3 Å². The Morgan fingerprint density at radius 1 is 1.25 bits per heavy atom. The largest absolute Gasteiger partial charge is 0.456 e. The van der Waals surface area contributed by atoms with Crippen LogP contribution in [0.5, 0.6) is 0 Å². The molecule has 0 spiro atoms. The SMILES string of the molecule is CC(C)=C(C(=O)OCc1ccc([N+](=O)[O-])cc1)N1C(=O)C([C@H](C)O)C1SSc1nc2ccccc2s1. The number of hydrogen-bond donors (Lipinski definition) is 1. The van der Waals surface area contributed by atoms with Crippen LogP contribution in [0.15, 0.2) is 64.1 Å². The molecule has 1 fully saturated rings. The number of para-hydroxylation sites is 1. The third-order valence-electron chi connectivity index (χ3n) is 5.52. The third kappa shape index (κ3) is 5.41. The normalized spacial score (nSPS) is 18.0. The summed E-state index contributed by atoms with van der Waals surface area (Å²) in [6, 6.07) is 13.5. The number of fused-ring (bicyclic) bond motifs is 1. The van der Waals surface area contributed by atoms with E-state index in [0.29, 0.717) is 11.1 Å². The van der Waals surface area contributed by atoms with Gasteiger partial charge >= 0.3 is 5.97 Å². The van der Waals surface area contributed by atoms with Crippen LogP contribution < -0.4 is 0 Å². The fourth-order valence-corrected chi connectivity index (χ4v) is 7.83. The van der Waals surface area contributed by atoms with Gasteiger partial charge in [-0.25, -0.2) is 9.78 Å². The van der Waals surface area contributed by atoms with E-state index in [9.17, 15) is 24.8 Å². The van der Waals surface area contributed by atoms with Crippen LogP contribution in [-0.2, 0) is 20.9 Å². The smallest absolute Gasteiger partial charge is 0.355 e. The molecule has 1 aliphatic heterocycles. The number of aromatic nitrogens is 1. The summed E-state index contributed by atoms with van der Waals surface area (Å²) >= 11 is 1.53. The maximum absolute atomic E-state index is 13.1. The number of nitro groups is 1. The van der Waals surface area contributed by atoms with Crippen molar-refractivity contribution in [3.8, 4) is 0 Å². The molecule has 0 bridgehead atoms. The van der Waals surface area contributed by atoms with Crippen molar-refractivity contribution in [3.63, 3.8) is 0 Å². The lowest BCUT2D eigenvalue weighted by atomic mass is 9.91. The summed E-state index contributed by atoms with van der Waals surface area (Å²) in [6.45, 7) is 4.89. The van der Waals surface area contributed by atoms with E-state index in [4.69, 9.17) is 4.74 Å². The first kappa shape index (κ1) is 26.1. The highest BCUT2D eigenvalue weighted by molar-refractivity contribution is 8.77. The summed E-state index contributed by atoms with van der Waals surface area (Å²) in [4.78, 5) is 42.4. The molecule has 188 valence electrons. The zero-order valence-electron chi connectivity index (χ0n) is 19.6. The van der Waals surface area contributed by atoms with Crippen LogP contribution in [0, 0.1) is 16.0 Å². The van der Waals surface area contributed by atoms with Gasteiger partial charge in [-0.05, 0) is 67.0 Å². The lowest BCUT2D eigenvalue weighted by Crippen LogP contribution is -2.62. The summed E-state index contributed by atoms with van der Waals surface area (Å²) < 4.78 is 7.31. The molecular weight excluding hydrogens is 522 g/mol. The van der Waals surface area contributed by atoms with Gasteiger partial charge in [-0.15, -0.1) is 11.3 Å². The lowest BCUT2D eigenvalue weighted by molar-refractivity contribution is -0.384. The third-order valence-corrected chi connectivity index (χ3v) is 9.55. The van der Waals surface area contributed by atoms with Crippen molar-refractivity contribution >= 4 is 60.7 Å². The molecule has 12 heteroatoms. The highest BCUT2D eigenvalue weighted by atomic mass is 33.1. The molecule has 0 saturated carbocycles. The van der Waals surface area contributed by atoms with E-state index < -0.39 is 28.3 Å². The van der Waals surface area contributed by atoms with Gasteiger partial charge in [0, 0.05) is 12.1 Å². The van der Waals surface area contributed by atoms with Crippen LogP contribution in [0.4, 0.5) is 5.69 Å². The number of likely N-dealkylation sites (tertiary alicyclic amines) is 1. The number of nitrogens with zero attached hydrogens (tertiary/aromatic N) is 3. The molecule has 36 heavy (non-hydrogen) atoms. The van der Waals surface area contributed by atoms with Crippen molar-refractivity contribution in [2.75, 3.05) is 0 Å². The predicted octanol–water partition coefficient (Wildman–Crippen LogP) is 5.15. The van der Waals surface area contributed by atoms with Gasteiger partial charge < -0.3 is 9.84 Å². The first-order valence-electron chi connectivity index (χ1n) is 11.0. The molecule has 1 N–H and O–H groups in total. The molecular formula is C24H23N3O6S3. The summed E-state index contributed by atoms with van der Waals surface area (Å²) in [5.41, 5.74) is 2.13. The van der Waals surface area contributed by atoms with Gasteiger partial charge in [0.25, 0.3) is 5.69 Å². The van der Waals surface area contributed by atoms with Crippen molar-refractivity contribution < 1.29 is 24.4 Å². The number of thiazole rings is 1. The minimum atomic E-state index is -0.892. The molecule has 0 aliphatic carbocycles. The fourth-order valence-electron chi connectivity index (χ4n) is 3.72. The number of esters is 1. The number of rotatable bonds is 9. The van der Waals surface area contributed by atoms with E-state index in [-0.39, 0.29) is 23.9 Å². The van der Waals surface area contributed by atoms with E-state index in [1.54, 1.807) is 20.8 Å². The monoisotopic (exact) mass is 545 g/mol. The minimum absolute atomic E-state index is 0.0594. The van der Waals surface area contributed by atoms with E-state index in [1.165, 1.54) is 62.1 Å². The Hall–Kier alpha value is -2.93. The maximum atomic E-state index is 13.1. The molecule has 1 saturated heterocycles. The Morgan fingerprint density at radius 2 is 1.94 bits per heavy atom. The first-order valence-corrected chi connectivity index (χ1v) is 14.0. The number of aliphatic hydroxyl groups is 1. The van der Waals surface area contributed by atoms with Crippen LogP contribution >= 0.6 is 32.9 Å². The summed E-state index contributed by atoms with van der Waals surface area (Å²) in [5.74, 6) is -1.70. The highest BCUT2D eigenvalue weighted by Gasteiger charge is 2.53. The van der Waals surface area contributed by atoms with Crippen LogP contribution in [0.2, 0.25) is 0 Å². The van der Waals surface area contributed by atoms with Crippen LogP contribution in [0.1, 0.15) is 26.3 Å². The number of hydrogen-bond acceptors (Lipinski definition) is 10. The molecule has 3 atom stereocenters. The summed E-state index contributed by atoms with van der Waals surface area (Å²) in [6.07, 6.45) is -0.892. The zero-order chi connectivity index (χ0) is 26.0. The Labute approximate surface area is 219 Å². The molecule has 3 aromatic rings. The molecule has 1 aromatic heterocycles. The molecule has 2 unspecified atom stereocenters. The van der Waals surface area contributed by atoms with Gasteiger partial charge in [0.05, 0.1) is 27.2 Å². The second-order valence-electron chi connectivity index (χ2n) is 8.34. The van der Waals surface area contributed by atoms with Crippen LogP contribution in [0.3, 0.4) is 0 Å². The van der Waals surface area contributed by atoms with E-state index in [2.05, 4.69) is 4.98 Å². The van der Waals surface area contributed by atoms with Gasteiger partial charge in [0.1, 0.15) is 17.7 Å². The first-order chi connectivity index (χ1) is 17.2. The number of carbonyl (C=O) groups excluding carboxylic acids is 2. The fraction of sp³-hybridized carbons (Fsp3) is 0.292. The van der Waals surface area contributed by atoms with Crippen molar-refractivity contribution in [3.05, 3.63) is 75.5 Å². The zero-order valence-corrected chi connectivity index (χ0v) is 22.1.